The summed E-state index contributed by atoms with van der Waals surface area (Å²) in [5.74, 6) is -0.606. The van der Waals surface area contributed by atoms with Crippen molar-refractivity contribution in [3.8, 4) is 0 Å². The van der Waals surface area contributed by atoms with Crippen molar-refractivity contribution in [3.63, 3.8) is 0 Å². The summed E-state index contributed by atoms with van der Waals surface area (Å²) in [5, 5.41) is 0. The highest BCUT2D eigenvalue weighted by atomic mass is 32.2. The van der Waals surface area contributed by atoms with Crippen LogP contribution in [0.25, 0.3) is 0 Å². The minimum atomic E-state index is -3.32. The number of carbonyl (C=O) groups excluding carboxylic acids is 1. The molecule has 0 aliphatic carbocycles. The number of rotatable bonds is 2. The van der Waals surface area contributed by atoms with Crippen molar-refractivity contribution < 1.29 is 13.2 Å². The number of hydrogen-bond donors (Lipinski definition) is 1. The van der Waals surface area contributed by atoms with Crippen LogP contribution in [-0.4, -0.2) is 37.5 Å². The van der Waals surface area contributed by atoms with Gasteiger partial charge in [-0.2, -0.15) is 4.31 Å². The highest BCUT2D eigenvalue weighted by molar-refractivity contribution is 7.88. The monoisotopic (exact) mass is 205 g/mol. The average Bonchev–Trinajstić information content (AvgIpc) is 2.03. The van der Waals surface area contributed by atoms with Gasteiger partial charge in [-0.05, 0) is 19.3 Å². The molecule has 1 saturated heterocycles. The van der Waals surface area contributed by atoms with Crippen LogP contribution in [0.2, 0.25) is 0 Å². The molecule has 6 heteroatoms. The third-order valence-electron chi connectivity index (χ3n) is 2.00. The minimum Gasteiger partial charge on any atom is -0.368 e. The van der Waals surface area contributed by atoms with E-state index in [4.69, 9.17) is 5.73 Å². The Labute approximate surface area is 77.9 Å². The minimum absolute atomic E-state index is 0.378. The van der Waals surface area contributed by atoms with Crippen molar-refractivity contribution in [2.45, 2.75) is 18.9 Å². The zero-order valence-corrected chi connectivity index (χ0v) is 8.25. The smallest absolute Gasteiger partial charge is 0.236 e. The van der Waals surface area contributed by atoms with Crippen LogP contribution in [0, 0.1) is 6.42 Å². The Bertz CT molecular complexity index is 299. The molecule has 75 valence electrons. The highest BCUT2D eigenvalue weighted by Crippen LogP contribution is 2.18. The van der Waals surface area contributed by atoms with Gasteiger partial charge in [0, 0.05) is 6.54 Å². The van der Waals surface area contributed by atoms with E-state index >= 15 is 0 Å². The van der Waals surface area contributed by atoms with Gasteiger partial charge in [-0.15, -0.1) is 0 Å². The van der Waals surface area contributed by atoms with Crippen molar-refractivity contribution in [1.82, 2.24) is 4.31 Å². The Morgan fingerprint density at radius 2 is 2.23 bits per heavy atom. The fraction of sp³-hybridized carbons (Fsp3) is 0.714. The van der Waals surface area contributed by atoms with Crippen molar-refractivity contribution in [2.24, 2.45) is 5.73 Å². The van der Waals surface area contributed by atoms with E-state index in [0.29, 0.717) is 6.54 Å². The second-order valence-corrected chi connectivity index (χ2v) is 5.03. The lowest BCUT2D eigenvalue weighted by Gasteiger charge is -2.30. The highest BCUT2D eigenvalue weighted by Gasteiger charge is 2.32. The average molecular weight is 205 g/mol. The maximum Gasteiger partial charge on any atom is 0.236 e. The van der Waals surface area contributed by atoms with Gasteiger partial charge in [-0.25, -0.2) is 8.42 Å². The number of sulfonamides is 1. The summed E-state index contributed by atoms with van der Waals surface area (Å²) in [4.78, 5) is 10.9. The topological polar surface area (TPSA) is 80.5 Å². The van der Waals surface area contributed by atoms with Crippen LogP contribution in [0.4, 0.5) is 0 Å². The first-order valence-corrected chi connectivity index (χ1v) is 5.87. The van der Waals surface area contributed by atoms with Gasteiger partial charge in [0.1, 0.15) is 6.04 Å². The molecule has 1 aliphatic heterocycles. The SMILES string of the molecule is CS(=O)(=O)N1CCC[CH][C@H]1C(N)=O. The maximum absolute atomic E-state index is 11.2. The molecule has 0 spiro atoms. The van der Waals surface area contributed by atoms with Crippen molar-refractivity contribution in [3.05, 3.63) is 6.42 Å². The first-order chi connectivity index (χ1) is 5.93. The number of hydrogen-bond acceptors (Lipinski definition) is 3. The summed E-state index contributed by atoms with van der Waals surface area (Å²) in [6, 6.07) is -0.760. The molecule has 0 aromatic rings. The first kappa shape index (κ1) is 10.5. The summed E-state index contributed by atoms with van der Waals surface area (Å²) in [6.45, 7) is 0.378. The maximum atomic E-state index is 11.2. The van der Waals surface area contributed by atoms with Crippen LogP contribution >= 0.6 is 0 Å². The number of nitrogens with two attached hydrogens (primary N) is 1. The summed E-state index contributed by atoms with van der Waals surface area (Å²) >= 11 is 0. The summed E-state index contributed by atoms with van der Waals surface area (Å²) in [6.07, 6.45) is 4.21. The van der Waals surface area contributed by atoms with E-state index in [9.17, 15) is 13.2 Å². The van der Waals surface area contributed by atoms with Gasteiger partial charge in [0.2, 0.25) is 15.9 Å². The molecule has 1 heterocycles. The van der Waals surface area contributed by atoms with Crippen LogP contribution < -0.4 is 5.73 Å². The van der Waals surface area contributed by atoms with Crippen LogP contribution in [0.15, 0.2) is 0 Å². The van der Waals surface area contributed by atoms with Crippen LogP contribution in [0.3, 0.4) is 0 Å². The van der Waals surface area contributed by atoms with E-state index < -0.39 is 22.0 Å². The Balaban J connectivity index is 2.86. The zero-order chi connectivity index (χ0) is 10.1. The zero-order valence-electron chi connectivity index (χ0n) is 7.43. The number of amides is 1. The van der Waals surface area contributed by atoms with Gasteiger partial charge in [-0.3, -0.25) is 4.79 Å². The van der Waals surface area contributed by atoms with E-state index in [2.05, 4.69) is 0 Å². The number of carbonyl (C=O) groups is 1. The summed E-state index contributed by atoms with van der Waals surface area (Å²) in [5.41, 5.74) is 5.08. The van der Waals surface area contributed by atoms with Gasteiger partial charge >= 0.3 is 0 Å². The molecule has 0 saturated carbocycles. The molecule has 0 bridgehead atoms. The van der Waals surface area contributed by atoms with Gasteiger partial charge in [0.15, 0.2) is 0 Å². The lowest BCUT2D eigenvalue weighted by atomic mass is 10.0. The summed E-state index contributed by atoms with van der Waals surface area (Å²) in [7, 11) is -3.32. The van der Waals surface area contributed by atoms with E-state index in [1.54, 1.807) is 6.42 Å². The molecule has 1 fully saturated rings. The van der Waals surface area contributed by atoms with Crippen LogP contribution in [-0.2, 0) is 14.8 Å². The quantitative estimate of drug-likeness (QED) is 0.634. The standard InChI is InChI=1S/C7H13N2O3S/c1-13(11,12)9-5-3-2-4-6(9)7(8)10/h4,6H,2-3,5H2,1H3,(H2,8,10)/t6-/m0/s1. The second kappa shape index (κ2) is 3.63. The van der Waals surface area contributed by atoms with Crippen LogP contribution in [0.1, 0.15) is 12.8 Å². The predicted octanol–water partition coefficient (Wildman–Crippen LogP) is -0.900. The van der Waals surface area contributed by atoms with E-state index in [-0.39, 0.29) is 0 Å². The molecule has 13 heavy (non-hydrogen) atoms. The van der Waals surface area contributed by atoms with Crippen molar-refractivity contribution >= 4 is 15.9 Å². The number of piperidine rings is 1. The molecule has 0 aromatic carbocycles. The predicted molar refractivity (Wildman–Crippen MR) is 48.1 cm³/mol. The Hall–Kier alpha value is -0.620. The Morgan fingerprint density at radius 1 is 1.62 bits per heavy atom. The lowest BCUT2D eigenvalue weighted by Crippen LogP contribution is -2.50. The normalized spacial score (nSPS) is 25.8. The third kappa shape index (κ3) is 2.41. The molecular weight excluding hydrogens is 192 g/mol. The van der Waals surface area contributed by atoms with E-state index in [1.165, 1.54) is 0 Å². The fourth-order valence-electron chi connectivity index (χ4n) is 1.41. The Morgan fingerprint density at radius 3 is 2.62 bits per heavy atom. The second-order valence-electron chi connectivity index (χ2n) is 3.10. The van der Waals surface area contributed by atoms with Gasteiger partial charge in [0.25, 0.3) is 0 Å². The van der Waals surface area contributed by atoms with Crippen molar-refractivity contribution in [2.75, 3.05) is 12.8 Å². The molecule has 1 radical (unpaired) electrons. The van der Waals surface area contributed by atoms with Gasteiger partial charge < -0.3 is 5.73 Å². The van der Waals surface area contributed by atoms with Gasteiger partial charge in [-0.1, -0.05) is 0 Å². The number of nitrogens with zero attached hydrogens (tertiary/aromatic N) is 1. The number of primary amides is 1. The molecule has 1 atom stereocenters. The molecule has 1 rings (SSSR count). The molecular formula is C7H13N2O3S. The lowest BCUT2D eigenvalue weighted by molar-refractivity contribution is -0.121. The molecule has 1 aliphatic rings. The molecule has 1 amide bonds. The molecule has 0 aromatic heterocycles. The third-order valence-corrected chi connectivity index (χ3v) is 3.26. The fourth-order valence-corrected chi connectivity index (χ4v) is 2.47. The van der Waals surface area contributed by atoms with Crippen LogP contribution in [0.5, 0.6) is 0 Å². The Kier molecular flexibility index (Phi) is 2.92. The van der Waals surface area contributed by atoms with Gasteiger partial charge in [0.05, 0.1) is 6.26 Å². The van der Waals surface area contributed by atoms with E-state index in [1.807, 2.05) is 0 Å². The summed E-state index contributed by atoms with van der Waals surface area (Å²) < 4.78 is 23.5. The molecule has 5 nitrogen and oxygen atoms in total. The molecule has 2 N–H and O–H groups in total. The first-order valence-electron chi connectivity index (χ1n) is 4.02. The van der Waals surface area contributed by atoms with E-state index in [0.717, 1.165) is 23.4 Å². The molecule has 0 unspecified atom stereocenters. The largest absolute Gasteiger partial charge is 0.368 e. The van der Waals surface area contributed by atoms with Crippen molar-refractivity contribution in [1.29, 1.82) is 0 Å².